The van der Waals surface area contributed by atoms with Crippen LogP contribution in [0.25, 0.3) is 0 Å². The molecule has 0 aliphatic carbocycles. The third-order valence-corrected chi connectivity index (χ3v) is 3.28. The van der Waals surface area contributed by atoms with Gasteiger partial charge in [-0.05, 0) is 29.7 Å². The molecule has 1 unspecified atom stereocenters. The van der Waals surface area contributed by atoms with Gasteiger partial charge in [-0.2, -0.15) is 0 Å². The number of nitrogens with one attached hydrogen (secondary N) is 1. The molecule has 0 spiro atoms. The van der Waals surface area contributed by atoms with Gasteiger partial charge in [-0.25, -0.2) is 0 Å². The van der Waals surface area contributed by atoms with Crippen molar-refractivity contribution in [2.75, 3.05) is 11.9 Å². The third-order valence-electron chi connectivity index (χ3n) is 3.28. The van der Waals surface area contributed by atoms with Gasteiger partial charge in [0.1, 0.15) is 0 Å². The van der Waals surface area contributed by atoms with E-state index in [2.05, 4.69) is 12.2 Å². The number of hydrogen-bond donors (Lipinski definition) is 2. The molecule has 1 amide bonds. The van der Waals surface area contributed by atoms with Crippen LogP contribution in [-0.4, -0.2) is 12.5 Å². The summed E-state index contributed by atoms with van der Waals surface area (Å²) in [7, 11) is 0. The van der Waals surface area contributed by atoms with Crippen LogP contribution < -0.4 is 11.1 Å². The monoisotopic (exact) mass is 248 g/mol. The second kappa shape index (κ2) is 5.98. The Morgan fingerprint density at radius 1 is 1.44 bits per heavy atom. The van der Waals surface area contributed by atoms with Crippen molar-refractivity contribution < 1.29 is 9.53 Å². The summed E-state index contributed by atoms with van der Waals surface area (Å²) in [5.41, 5.74) is 8.82. The van der Waals surface area contributed by atoms with Crippen molar-refractivity contribution in [1.82, 2.24) is 0 Å². The molecule has 0 aromatic heterocycles. The van der Waals surface area contributed by atoms with Crippen LogP contribution in [0.4, 0.5) is 5.69 Å². The van der Waals surface area contributed by atoms with Gasteiger partial charge < -0.3 is 15.8 Å². The van der Waals surface area contributed by atoms with Crippen molar-refractivity contribution in [3.8, 4) is 0 Å². The first-order valence-electron chi connectivity index (χ1n) is 6.45. The molecule has 1 aliphatic rings. The van der Waals surface area contributed by atoms with E-state index in [-0.39, 0.29) is 11.8 Å². The maximum Gasteiger partial charge on any atom is 0.228 e. The van der Waals surface area contributed by atoms with Crippen molar-refractivity contribution in [2.24, 2.45) is 11.7 Å². The van der Waals surface area contributed by atoms with Crippen molar-refractivity contribution in [3.63, 3.8) is 0 Å². The van der Waals surface area contributed by atoms with E-state index in [1.807, 2.05) is 18.2 Å². The lowest BCUT2D eigenvalue weighted by molar-refractivity contribution is -0.119. The molecule has 1 aromatic rings. The Bertz CT molecular complexity index is 432. The summed E-state index contributed by atoms with van der Waals surface area (Å²) in [6.07, 6.45) is 1.80. The van der Waals surface area contributed by atoms with Crippen molar-refractivity contribution in [1.29, 1.82) is 0 Å². The molecule has 0 radical (unpaired) electrons. The van der Waals surface area contributed by atoms with Crippen LogP contribution in [0.2, 0.25) is 0 Å². The minimum absolute atomic E-state index is 0.0122. The molecule has 1 atom stereocenters. The molecule has 0 saturated heterocycles. The zero-order chi connectivity index (χ0) is 13.0. The third kappa shape index (κ3) is 2.89. The summed E-state index contributed by atoms with van der Waals surface area (Å²) in [5, 5.41) is 2.93. The summed E-state index contributed by atoms with van der Waals surface area (Å²) in [5.74, 6) is -0.0854. The van der Waals surface area contributed by atoms with E-state index < -0.39 is 0 Å². The highest BCUT2D eigenvalue weighted by molar-refractivity contribution is 5.92. The number of carbonyl (C=O) groups excluding carboxylic acids is 1. The second-order valence-electron chi connectivity index (χ2n) is 4.69. The normalized spacial score (nSPS) is 15.2. The fraction of sp³-hybridized carbons (Fsp3) is 0.500. The lowest BCUT2D eigenvalue weighted by atomic mass is 10.0. The summed E-state index contributed by atoms with van der Waals surface area (Å²) < 4.78 is 5.35. The van der Waals surface area contributed by atoms with Crippen LogP contribution in [0.1, 0.15) is 30.9 Å². The highest BCUT2D eigenvalue weighted by atomic mass is 16.5. The Kier molecular flexibility index (Phi) is 4.33. The minimum Gasteiger partial charge on any atom is -0.372 e. The SMILES string of the molecule is CCCC(CN)C(=O)Nc1ccc2c(c1)COC2. The smallest absolute Gasteiger partial charge is 0.228 e. The van der Waals surface area contributed by atoms with Gasteiger partial charge in [-0.3, -0.25) is 4.79 Å². The molecule has 4 nitrogen and oxygen atoms in total. The molecule has 98 valence electrons. The summed E-state index contributed by atoms with van der Waals surface area (Å²) in [4.78, 5) is 12.0. The Balaban J connectivity index is 2.02. The predicted molar refractivity (Wildman–Crippen MR) is 71.0 cm³/mol. The van der Waals surface area contributed by atoms with E-state index in [4.69, 9.17) is 10.5 Å². The fourth-order valence-corrected chi connectivity index (χ4v) is 2.20. The van der Waals surface area contributed by atoms with Gasteiger partial charge in [0, 0.05) is 12.2 Å². The van der Waals surface area contributed by atoms with Crippen molar-refractivity contribution in [3.05, 3.63) is 29.3 Å². The number of fused-ring (bicyclic) bond motifs is 1. The Hall–Kier alpha value is -1.39. The molecule has 1 heterocycles. The van der Waals surface area contributed by atoms with E-state index in [9.17, 15) is 4.79 Å². The molecule has 1 aliphatic heterocycles. The van der Waals surface area contributed by atoms with E-state index in [1.54, 1.807) is 0 Å². The lowest BCUT2D eigenvalue weighted by Gasteiger charge is -2.14. The summed E-state index contributed by atoms with van der Waals surface area (Å²) >= 11 is 0. The highest BCUT2D eigenvalue weighted by Crippen LogP contribution is 2.23. The number of anilines is 1. The van der Waals surface area contributed by atoms with Crippen LogP contribution in [0.3, 0.4) is 0 Å². The quantitative estimate of drug-likeness (QED) is 0.838. The number of ether oxygens (including phenoxy) is 1. The maximum atomic E-state index is 12.0. The van der Waals surface area contributed by atoms with Crippen LogP contribution in [-0.2, 0) is 22.7 Å². The molecule has 2 rings (SSSR count). The largest absolute Gasteiger partial charge is 0.372 e. The first-order valence-corrected chi connectivity index (χ1v) is 6.45. The molecule has 18 heavy (non-hydrogen) atoms. The average molecular weight is 248 g/mol. The molecular weight excluding hydrogens is 228 g/mol. The van der Waals surface area contributed by atoms with Crippen LogP contribution in [0.5, 0.6) is 0 Å². The van der Waals surface area contributed by atoms with Gasteiger partial charge in [-0.1, -0.05) is 19.4 Å². The van der Waals surface area contributed by atoms with Gasteiger partial charge in [-0.15, -0.1) is 0 Å². The van der Waals surface area contributed by atoms with Crippen LogP contribution >= 0.6 is 0 Å². The topological polar surface area (TPSA) is 64.4 Å². The number of rotatable bonds is 5. The molecule has 0 bridgehead atoms. The fourth-order valence-electron chi connectivity index (χ4n) is 2.20. The molecule has 4 heteroatoms. The molecule has 0 fully saturated rings. The van der Waals surface area contributed by atoms with Crippen LogP contribution in [0.15, 0.2) is 18.2 Å². The predicted octanol–water partition coefficient (Wildman–Crippen LogP) is 2.03. The highest BCUT2D eigenvalue weighted by Gasteiger charge is 2.17. The van der Waals surface area contributed by atoms with Gasteiger partial charge >= 0.3 is 0 Å². The van der Waals surface area contributed by atoms with Gasteiger partial charge in [0.15, 0.2) is 0 Å². The standard InChI is InChI=1S/C14H20N2O2/c1-2-3-10(7-15)14(17)16-13-5-4-11-8-18-9-12(11)6-13/h4-6,10H,2-3,7-9,15H2,1H3,(H,16,17). The Labute approximate surface area is 108 Å². The van der Waals surface area contributed by atoms with Crippen molar-refractivity contribution >= 4 is 11.6 Å². The molecule has 0 saturated carbocycles. The Morgan fingerprint density at radius 3 is 2.94 bits per heavy atom. The molecular formula is C14H20N2O2. The summed E-state index contributed by atoms with van der Waals surface area (Å²) in [6.45, 7) is 3.76. The number of amides is 1. The number of nitrogens with two attached hydrogens (primary N) is 1. The number of hydrogen-bond acceptors (Lipinski definition) is 3. The zero-order valence-corrected chi connectivity index (χ0v) is 10.7. The average Bonchev–Trinajstić information content (AvgIpc) is 2.83. The van der Waals surface area contributed by atoms with Gasteiger partial charge in [0.05, 0.1) is 19.1 Å². The van der Waals surface area contributed by atoms with Gasteiger partial charge in [0.2, 0.25) is 5.91 Å². The number of benzene rings is 1. The minimum atomic E-state index is -0.0977. The maximum absolute atomic E-state index is 12.0. The lowest BCUT2D eigenvalue weighted by Crippen LogP contribution is -2.29. The van der Waals surface area contributed by atoms with E-state index >= 15 is 0 Å². The first-order chi connectivity index (χ1) is 8.74. The zero-order valence-electron chi connectivity index (χ0n) is 10.7. The van der Waals surface area contributed by atoms with E-state index in [1.165, 1.54) is 5.56 Å². The summed E-state index contributed by atoms with van der Waals surface area (Å²) in [6, 6.07) is 5.92. The van der Waals surface area contributed by atoms with Gasteiger partial charge in [0.25, 0.3) is 0 Å². The first kappa shape index (κ1) is 13.1. The number of carbonyl (C=O) groups is 1. The Morgan fingerprint density at radius 2 is 2.22 bits per heavy atom. The van der Waals surface area contributed by atoms with E-state index in [0.29, 0.717) is 19.8 Å². The van der Waals surface area contributed by atoms with E-state index in [0.717, 1.165) is 24.1 Å². The van der Waals surface area contributed by atoms with Crippen LogP contribution in [0, 0.1) is 5.92 Å². The molecule has 1 aromatic carbocycles. The second-order valence-corrected chi connectivity index (χ2v) is 4.69. The molecule has 3 N–H and O–H groups in total. The van der Waals surface area contributed by atoms with Crippen molar-refractivity contribution in [2.45, 2.75) is 33.0 Å².